The van der Waals surface area contributed by atoms with Gasteiger partial charge in [0.25, 0.3) is 0 Å². The molecule has 8 nitrogen and oxygen atoms in total. The predicted molar refractivity (Wildman–Crippen MR) is 142 cm³/mol. The summed E-state index contributed by atoms with van der Waals surface area (Å²) in [5.74, 6) is 0.298. The first-order valence-corrected chi connectivity index (χ1v) is 12.8. The van der Waals surface area contributed by atoms with E-state index < -0.39 is 5.82 Å². The third kappa shape index (κ3) is 6.18. The summed E-state index contributed by atoms with van der Waals surface area (Å²) >= 11 is 5.94. The quantitative estimate of drug-likeness (QED) is 0.366. The minimum absolute atomic E-state index is 0.00499. The topological polar surface area (TPSA) is 88.6 Å². The van der Waals surface area contributed by atoms with Crippen molar-refractivity contribution in [2.45, 2.75) is 37.8 Å². The van der Waals surface area contributed by atoms with Gasteiger partial charge in [-0.2, -0.15) is 0 Å². The fraction of sp³-hybridized carbons (Fsp3) is 0.370. The van der Waals surface area contributed by atoms with E-state index in [1.807, 2.05) is 19.2 Å². The number of nitrogens with one attached hydrogen (secondary N) is 2. The van der Waals surface area contributed by atoms with Gasteiger partial charge in [-0.1, -0.05) is 17.7 Å². The average molecular weight is 526 g/mol. The Balaban J connectivity index is 1.38. The minimum atomic E-state index is -0.502. The molecule has 0 unspecified atom stereocenters. The van der Waals surface area contributed by atoms with Crippen molar-refractivity contribution < 1.29 is 18.7 Å². The van der Waals surface area contributed by atoms with Crippen molar-refractivity contribution in [3.8, 4) is 5.75 Å². The van der Waals surface area contributed by atoms with Gasteiger partial charge in [-0.3, -0.25) is 9.69 Å². The van der Waals surface area contributed by atoms with E-state index in [0.29, 0.717) is 46.4 Å². The Morgan fingerprint density at radius 1 is 1.27 bits per heavy atom. The normalized spacial score (nSPS) is 17.9. The van der Waals surface area contributed by atoms with Crippen LogP contribution in [0.1, 0.15) is 25.7 Å². The zero-order valence-electron chi connectivity index (χ0n) is 20.5. The van der Waals surface area contributed by atoms with E-state index in [1.165, 1.54) is 24.5 Å². The van der Waals surface area contributed by atoms with E-state index in [1.54, 1.807) is 12.1 Å². The van der Waals surface area contributed by atoms with E-state index in [9.17, 15) is 9.18 Å². The number of hydrogen-bond donors (Lipinski definition) is 2. The number of rotatable bonds is 9. The molecule has 0 radical (unpaired) electrons. The third-order valence-corrected chi connectivity index (χ3v) is 7.00. The van der Waals surface area contributed by atoms with Crippen LogP contribution in [0.15, 0.2) is 48.8 Å². The van der Waals surface area contributed by atoms with Crippen LogP contribution in [0.3, 0.4) is 0 Å². The lowest BCUT2D eigenvalue weighted by atomic mass is 9.96. The zero-order chi connectivity index (χ0) is 25.8. The first-order valence-electron chi connectivity index (χ1n) is 12.4. The van der Waals surface area contributed by atoms with Gasteiger partial charge in [0, 0.05) is 42.4 Å². The van der Waals surface area contributed by atoms with Crippen LogP contribution in [0, 0.1) is 5.82 Å². The van der Waals surface area contributed by atoms with Crippen molar-refractivity contribution in [1.82, 2.24) is 14.9 Å². The van der Waals surface area contributed by atoms with E-state index >= 15 is 0 Å². The van der Waals surface area contributed by atoms with Gasteiger partial charge in [0.15, 0.2) is 0 Å². The molecule has 2 heterocycles. The van der Waals surface area contributed by atoms with Crippen molar-refractivity contribution >= 4 is 45.6 Å². The molecule has 1 saturated carbocycles. The van der Waals surface area contributed by atoms with Crippen LogP contribution in [0.4, 0.5) is 21.6 Å². The molecule has 2 aliphatic rings. The molecule has 37 heavy (non-hydrogen) atoms. The van der Waals surface area contributed by atoms with Crippen LogP contribution in [0.25, 0.3) is 10.9 Å². The third-order valence-electron chi connectivity index (χ3n) is 6.71. The first-order chi connectivity index (χ1) is 18.0. The molecule has 194 valence electrons. The summed E-state index contributed by atoms with van der Waals surface area (Å²) in [6.07, 6.45) is 9.01. The summed E-state index contributed by atoms with van der Waals surface area (Å²) < 4.78 is 25.2. The lowest BCUT2D eigenvalue weighted by Gasteiger charge is -2.27. The van der Waals surface area contributed by atoms with Crippen molar-refractivity contribution in [2.24, 2.45) is 0 Å². The smallest absolute Gasteiger partial charge is 0.248 e. The number of fused-ring (bicyclic) bond motifs is 1. The number of ether oxygens (including phenoxy) is 2. The molecule has 1 aliphatic heterocycles. The van der Waals surface area contributed by atoms with E-state index in [2.05, 4.69) is 25.5 Å². The molecule has 1 atom stereocenters. The molecule has 2 fully saturated rings. The molecular weight excluding hydrogens is 497 g/mol. The SMILES string of the molecule is CN(CC=CC(=O)Nc1cc2c(Nc3ccc(F)c(Cl)c3)ncnc2cc1OC1CCC1)[C@@H]1CCOC1. The number of anilines is 3. The maximum Gasteiger partial charge on any atom is 0.248 e. The molecule has 1 saturated heterocycles. The van der Waals surface area contributed by atoms with Crippen molar-refractivity contribution in [1.29, 1.82) is 0 Å². The maximum absolute atomic E-state index is 13.6. The highest BCUT2D eigenvalue weighted by atomic mass is 35.5. The average Bonchev–Trinajstić information content (AvgIpc) is 3.39. The molecule has 1 aromatic heterocycles. The molecular formula is C27H29ClFN5O3. The molecule has 0 spiro atoms. The van der Waals surface area contributed by atoms with Crippen LogP contribution in [0.5, 0.6) is 5.75 Å². The standard InChI is InChI=1S/C27H29ClFN5O3/c1-34(18-9-11-36-15-18)10-3-6-26(35)33-24-13-20-23(14-25(24)37-19-4-2-5-19)30-16-31-27(20)32-17-7-8-22(29)21(28)12-17/h3,6-8,12-14,16,18-19H,2,4-5,9-11,15H2,1H3,(H,33,35)(H,30,31,32)/t18-/m1/s1. The summed E-state index contributed by atoms with van der Waals surface area (Å²) in [4.78, 5) is 23.8. The first kappa shape index (κ1) is 25.4. The Hall–Kier alpha value is -3.27. The second kappa shape index (κ2) is 11.4. The van der Waals surface area contributed by atoms with Gasteiger partial charge in [-0.25, -0.2) is 14.4 Å². The summed E-state index contributed by atoms with van der Waals surface area (Å²) in [7, 11) is 2.03. The summed E-state index contributed by atoms with van der Waals surface area (Å²) in [6.45, 7) is 2.14. The number of benzene rings is 2. The van der Waals surface area contributed by atoms with Gasteiger partial charge in [-0.05, 0) is 57.0 Å². The largest absolute Gasteiger partial charge is 0.488 e. The lowest BCUT2D eigenvalue weighted by Crippen LogP contribution is -2.32. The van der Waals surface area contributed by atoms with Crippen LogP contribution >= 0.6 is 11.6 Å². The lowest BCUT2D eigenvalue weighted by molar-refractivity contribution is -0.111. The van der Waals surface area contributed by atoms with E-state index in [4.69, 9.17) is 21.1 Å². The Bertz CT molecular complexity index is 1310. The van der Waals surface area contributed by atoms with Crippen LogP contribution < -0.4 is 15.4 Å². The number of nitrogens with zero attached hydrogens (tertiary/aromatic N) is 3. The zero-order valence-corrected chi connectivity index (χ0v) is 21.3. The molecule has 2 aromatic carbocycles. The maximum atomic E-state index is 13.6. The highest BCUT2D eigenvalue weighted by molar-refractivity contribution is 6.31. The van der Waals surface area contributed by atoms with Gasteiger partial charge in [0.1, 0.15) is 23.7 Å². The number of carbonyl (C=O) groups excluding carboxylic acids is 1. The number of amides is 1. The number of carbonyl (C=O) groups is 1. The monoisotopic (exact) mass is 525 g/mol. The minimum Gasteiger partial charge on any atom is -0.488 e. The van der Waals surface area contributed by atoms with Gasteiger partial charge in [-0.15, -0.1) is 0 Å². The Kier molecular flexibility index (Phi) is 7.83. The highest BCUT2D eigenvalue weighted by Gasteiger charge is 2.22. The van der Waals surface area contributed by atoms with Gasteiger partial charge >= 0.3 is 0 Å². The second-order valence-electron chi connectivity index (χ2n) is 9.36. The van der Waals surface area contributed by atoms with Gasteiger partial charge < -0.3 is 20.1 Å². The summed E-state index contributed by atoms with van der Waals surface area (Å²) in [5, 5.41) is 6.80. The van der Waals surface area contributed by atoms with Crippen molar-refractivity contribution in [2.75, 3.05) is 37.4 Å². The summed E-state index contributed by atoms with van der Waals surface area (Å²) in [5.41, 5.74) is 1.75. The Morgan fingerprint density at radius 2 is 2.14 bits per heavy atom. The summed E-state index contributed by atoms with van der Waals surface area (Å²) in [6, 6.07) is 8.33. The number of halogens is 2. The second-order valence-corrected chi connectivity index (χ2v) is 9.77. The number of hydrogen-bond acceptors (Lipinski definition) is 7. The molecule has 3 aromatic rings. The van der Waals surface area contributed by atoms with E-state index in [-0.39, 0.29) is 17.0 Å². The molecule has 1 aliphatic carbocycles. The van der Waals surface area contributed by atoms with Crippen molar-refractivity contribution in [3.63, 3.8) is 0 Å². The Labute approximate surface area is 219 Å². The molecule has 10 heteroatoms. The van der Waals surface area contributed by atoms with Crippen LogP contribution in [-0.2, 0) is 9.53 Å². The van der Waals surface area contributed by atoms with Crippen LogP contribution in [0.2, 0.25) is 5.02 Å². The van der Waals surface area contributed by atoms with Crippen LogP contribution in [-0.4, -0.2) is 59.7 Å². The Morgan fingerprint density at radius 3 is 2.86 bits per heavy atom. The molecule has 5 rings (SSSR count). The van der Waals surface area contributed by atoms with Gasteiger partial charge in [0.05, 0.1) is 28.9 Å². The highest BCUT2D eigenvalue weighted by Crippen LogP contribution is 2.36. The molecule has 2 N–H and O–H groups in total. The fourth-order valence-electron chi connectivity index (χ4n) is 4.28. The molecule has 1 amide bonds. The number of aromatic nitrogens is 2. The molecule has 0 bridgehead atoms. The van der Waals surface area contributed by atoms with Gasteiger partial charge in [0.2, 0.25) is 5.91 Å². The predicted octanol–water partition coefficient (Wildman–Crippen LogP) is 5.31. The fourth-order valence-corrected chi connectivity index (χ4v) is 4.46. The van der Waals surface area contributed by atoms with Crippen molar-refractivity contribution in [3.05, 3.63) is 59.7 Å². The van der Waals surface area contributed by atoms with E-state index in [0.717, 1.165) is 38.9 Å². The number of likely N-dealkylation sites (N-methyl/N-ethyl adjacent to an activating group) is 1.